The Morgan fingerprint density at radius 3 is 2.81 bits per heavy atom. The van der Waals surface area contributed by atoms with Crippen molar-refractivity contribution < 1.29 is 4.74 Å². The van der Waals surface area contributed by atoms with E-state index in [2.05, 4.69) is 31.3 Å². The number of fused-ring (bicyclic) bond motifs is 1. The fourth-order valence-corrected chi connectivity index (χ4v) is 3.24. The van der Waals surface area contributed by atoms with Crippen LogP contribution in [0.1, 0.15) is 0 Å². The summed E-state index contributed by atoms with van der Waals surface area (Å²) >= 11 is 17.0. The van der Waals surface area contributed by atoms with Crippen LogP contribution in [0.5, 0.6) is 11.6 Å². The average molecular weight is 406 g/mol. The van der Waals surface area contributed by atoms with Gasteiger partial charge in [0.15, 0.2) is 0 Å². The standard InChI is InChI=1S/C12H7BrCl2N4OS/c13-6-3-8(15)9(4-7(6)14)20-10-5-1-2-21-11(5)18-12(17-10)19-16/h1-4H,16H2,(H,17,18,19). The van der Waals surface area contributed by atoms with Crippen LogP contribution in [0, 0.1) is 0 Å². The third kappa shape index (κ3) is 2.93. The van der Waals surface area contributed by atoms with Crippen molar-refractivity contribution in [1.29, 1.82) is 0 Å². The Morgan fingerprint density at radius 1 is 1.24 bits per heavy atom. The molecule has 0 bridgehead atoms. The van der Waals surface area contributed by atoms with Crippen molar-refractivity contribution in [3.63, 3.8) is 0 Å². The first-order valence-corrected chi connectivity index (χ1v) is 8.05. The van der Waals surface area contributed by atoms with Crippen molar-refractivity contribution in [3.8, 4) is 11.6 Å². The van der Waals surface area contributed by atoms with Gasteiger partial charge in [0.05, 0.1) is 15.4 Å². The third-order valence-corrected chi connectivity index (χ3v) is 4.90. The number of nitrogens with zero attached hydrogens (tertiary/aromatic N) is 2. The minimum atomic E-state index is 0.263. The molecule has 21 heavy (non-hydrogen) atoms. The SMILES string of the molecule is NNc1nc(Oc2cc(Cl)c(Br)cc2Cl)c2ccsc2n1. The molecular weight excluding hydrogens is 399 g/mol. The van der Waals surface area contributed by atoms with E-state index in [-0.39, 0.29) is 5.95 Å². The lowest BCUT2D eigenvalue weighted by Crippen LogP contribution is -2.10. The first-order chi connectivity index (χ1) is 10.1. The minimum Gasteiger partial charge on any atom is -0.437 e. The monoisotopic (exact) mass is 404 g/mol. The van der Waals surface area contributed by atoms with E-state index in [0.29, 0.717) is 26.1 Å². The van der Waals surface area contributed by atoms with Crippen LogP contribution >= 0.6 is 50.5 Å². The molecule has 0 spiro atoms. The van der Waals surface area contributed by atoms with Crippen LogP contribution in [0.25, 0.3) is 10.2 Å². The second-order valence-electron chi connectivity index (χ2n) is 3.93. The predicted molar refractivity (Wildman–Crippen MR) is 89.5 cm³/mol. The summed E-state index contributed by atoms with van der Waals surface area (Å²) in [5, 5.41) is 3.56. The topological polar surface area (TPSA) is 73.1 Å². The molecule has 108 valence electrons. The highest BCUT2D eigenvalue weighted by molar-refractivity contribution is 9.10. The molecule has 3 N–H and O–H groups in total. The molecule has 0 aliphatic rings. The van der Waals surface area contributed by atoms with Crippen LogP contribution in [0.15, 0.2) is 28.1 Å². The van der Waals surface area contributed by atoms with E-state index >= 15 is 0 Å². The summed E-state index contributed by atoms with van der Waals surface area (Å²) in [5.74, 6) is 6.39. The zero-order valence-corrected chi connectivity index (χ0v) is 14.1. The van der Waals surface area contributed by atoms with Crippen LogP contribution in [0.3, 0.4) is 0 Å². The molecule has 0 aliphatic heterocycles. The Balaban J connectivity index is 2.09. The van der Waals surface area contributed by atoms with Crippen molar-refractivity contribution in [1.82, 2.24) is 9.97 Å². The van der Waals surface area contributed by atoms with Gasteiger partial charge in [0.2, 0.25) is 11.8 Å². The average Bonchev–Trinajstić information content (AvgIpc) is 2.93. The Bertz CT molecular complexity index is 826. The minimum absolute atomic E-state index is 0.263. The maximum atomic E-state index is 6.16. The Hall–Kier alpha value is -1.12. The van der Waals surface area contributed by atoms with Gasteiger partial charge in [-0.3, -0.25) is 5.43 Å². The van der Waals surface area contributed by atoms with Crippen molar-refractivity contribution >= 4 is 66.6 Å². The van der Waals surface area contributed by atoms with E-state index in [0.717, 1.165) is 10.2 Å². The molecule has 0 amide bonds. The summed E-state index contributed by atoms with van der Waals surface area (Å²) in [4.78, 5) is 9.20. The highest BCUT2D eigenvalue weighted by Crippen LogP contribution is 2.38. The number of nitrogens with one attached hydrogen (secondary N) is 1. The lowest BCUT2D eigenvalue weighted by Gasteiger charge is -2.10. The van der Waals surface area contributed by atoms with Crippen LogP contribution < -0.4 is 16.0 Å². The van der Waals surface area contributed by atoms with Crippen LogP contribution in [-0.4, -0.2) is 9.97 Å². The number of hydrazine groups is 1. The van der Waals surface area contributed by atoms with E-state index < -0.39 is 0 Å². The molecule has 3 aromatic rings. The van der Waals surface area contributed by atoms with Gasteiger partial charge in [0, 0.05) is 10.5 Å². The number of halogens is 3. The summed E-state index contributed by atoms with van der Waals surface area (Å²) in [6, 6.07) is 5.14. The van der Waals surface area contributed by atoms with Gasteiger partial charge in [-0.2, -0.15) is 4.98 Å². The highest BCUT2D eigenvalue weighted by Gasteiger charge is 2.14. The Labute approximate surface area is 142 Å². The van der Waals surface area contributed by atoms with Crippen molar-refractivity contribution in [2.45, 2.75) is 0 Å². The van der Waals surface area contributed by atoms with Gasteiger partial charge in [-0.05, 0) is 33.4 Å². The summed E-state index contributed by atoms with van der Waals surface area (Å²) < 4.78 is 6.47. The number of ether oxygens (including phenoxy) is 1. The zero-order chi connectivity index (χ0) is 15.0. The smallest absolute Gasteiger partial charge is 0.241 e. The van der Waals surface area contributed by atoms with E-state index in [1.54, 1.807) is 12.1 Å². The van der Waals surface area contributed by atoms with Gasteiger partial charge < -0.3 is 4.74 Å². The fourth-order valence-electron chi connectivity index (χ4n) is 1.66. The van der Waals surface area contributed by atoms with Gasteiger partial charge in [-0.15, -0.1) is 11.3 Å². The molecule has 0 radical (unpaired) electrons. The van der Waals surface area contributed by atoms with E-state index in [1.807, 2.05) is 11.4 Å². The first-order valence-electron chi connectivity index (χ1n) is 5.62. The molecule has 2 heterocycles. The van der Waals surface area contributed by atoms with E-state index in [4.69, 9.17) is 33.8 Å². The van der Waals surface area contributed by atoms with E-state index in [1.165, 1.54) is 11.3 Å². The van der Waals surface area contributed by atoms with Gasteiger partial charge >= 0.3 is 0 Å². The molecule has 5 nitrogen and oxygen atoms in total. The molecule has 0 saturated heterocycles. The van der Waals surface area contributed by atoms with Crippen LogP contribution in [-0.2, 0) is 0 Å². The van der Waals surface area contributed by atoms with Gasteiger partial charge in [0.1, 0.15) is 10.6 Å². The summed E-state index contributed by atoms with van der Waals surface area (Å²) in [5.41, 5.74) is 2.41. The van der Waals surface area contributed by atoms with Crippen molar-refractivity contribution in [3.05, 3.63) is 38.1 Å². The summed E-state index contributed by atoms with van der Waals surface area (Å²) in [6.45, 7) is 0. The molecule has 1 aromatic carbocycles. The van der Waals surface area contributed by atoms with Crippen LogP contribution in [0.4, 0.5) is 5.95 Å². The predicted octanol–water partition coefficient (Wildman–Crippen LogP) is 4.84. The van der Waals surface area contributed by atoms with E-state index in [9.17, 15) is 0 Å². The summed E-state index contributed by atoms with van der Waals surface area (Å²) in [7, 11) is 0. The fraction of sp³-hybridized carbons (Fsp3) is 0. The lowest BCUT2D eigenvalue weighted by atomic mass is 10.3. The zero-order valence-electron chi connectivity index (χ0n) is 10.2. The molecular formula is C12H7BrCl2N4OS. The first kappa shape index (κ1) is 14.8. The molecule has 0 unspecified atom stereocenters. The number of hydrogen-bond donors (Lipinski definition) is 2. The van der Waals surface area contributed by atoms with Gasteiger partial charge in [-0.25, -0.2) is 10.8 Å². The number of hydrogen-bond acceptors (Lipinski definition) is 6. The Kier molecular flexibility index (Phi) is 4.19. The molecule has 0 atom stereocenters. The second-order valence-corrected chi connectivity index (χ2v) is 6.50. The molecule has 0 fully saturated rings. The van der Waals surface area contributed by atoms with Gasteiger partial charge in [0.25, 0.3) is 0 Å². The molecule has 0 aliphatic carbocycles. The number of thiophene rings is 1. The molecule has 0 saturated carbocycles. The number of benzene rings is 1. The van der Waals surface area contributed by atoms with Crippen molar-refractivity contribution in [2.24, 2.45) is 5.84 Å². The number of nitrogens with two attached hydrogens (primary N) is 1. The van der Waals surface area contributed by atoms with Gasteiger partial charge in [-0.1, -0.05) is 23.2 Å². The third-order valence-electron chi connectivity index (χ3n) is 2.60. The maximum absolute atomic E-state index is 6.16. The number of aromatic nitrogens is 2. The highest BCUT2D eigenvalue weighted by atomic mass is 79.9. The molecule has 3 rings (SSSR count). The summed E-state index contributed by atoms with van der Waals surface area (Å²) in [6.07, 6.45) is 0. The molecule has 2 aromatic heterocycles. The normalized spacial score (nSPS) is 10.9. The maximum Gasteiger partial charge on any atom is 0.241 e. The number of anilines is 1. The number of rotatable bonds is 3. The Morgan fingerprint density at radius 2 is 2.05 bits per heavy atom. The van der Waals surface area contributed by atoms with Crippen LogP contribution in [0.2, 0.25) is 10.0 Å². The van der Waals surface area contributed by atoms with Crippen molar-refractivity contribution in [2.75, 3.05) is 5.43 Å². The second kappa shape index (κ2) is 5.94. The largest absolute Gasteiger partial charge is 0.437 e. The molecule has 9 heteroatoms. The lowest BCUT2D eigenvalue weighted by molar-refractivity contribution is 0.469. The number of nitrogen functional groups attached to an aromatic ring is 1. The quantitative estimate of drug-likeness (QED) is 0.370.